The number of nitrogens with one attached hydrogen (secondary N) is 2. The third-order valence-electron chi connectivity index (χ3n) is 4.78. The zero-order valence-electron chi connectivity index (χ0n) is 15.2. The summed E-state index contributed by atoms with van der Waals surface area (Å²) < 4.78 is 1.77. The van der Waals surface area contributed by atoms with E-state index in [2.05, 4.69) is 15.4 Å². The molecule has 0 aliphatic carbocycles. The summed E-state index contributed by atoms with van der Waals surface area (Å²) in [6, 6.07) is 6.27. The smallest absolute Gasteiger partial charge is 0.189 e. The van der Waals surface area contributed by atoms with Crippen molar-refractivity contribution in [3.63, 3.8) is 0 Å². The van der Waals surface area contributed by atoms with Crippen LogP contribution in [0.25, 0.3) is 32.6 Å². The first-order valence-corrected chi connectivity index (χ1v) is 8.68. The van der Waals surface area contributed by atoms with Crippen molar-refractivity contribution in [3.8, 4) is 11.5 Å². The zero-order valence-corrected chi connectivity index (χ0v) is 16.0. The summed E-state index contributed by atoms with van der Waals surface area (Å²) in [6.45, 7) is 1.59. The lowest BCUT2D eigenvalue weighted by Crippen LogP contribution is -2.22. The molecule has 0 bridgehead atoms. The molecule has 3 aromatic carbocycles. The second kappa shape index (κ2) is 7.67. The van der Waals surface area contributed by atoms with Crippen molar-refractivity contribution in [1.29, 1.82) is 0 Å². The first-order valence-electron chi connectivity index (χ1n) is 8.68. The van der Waals surface area contributed by atoms with Crippen molar-refractivity contribution in [2.75, 3.05) is 26.2 Å². The fraction of sp³-hybridized carbons (Fsp3) is 0.263. The predicted molar refractivity (Wildman–Crippen MR) is 111 cm³/mol. The van der Waals surface area contributed by atoms with Gasteiger partial charge in [0, 0.05) is 25.5 Å². The van der Waals surface area contributed by atoms with E-state index in [1.165, 1.54) is 12.1 Å². The van der Waals surface area contributed by atoms with Crippen LogP contribution in [0.1, 0.15) is 0 Å². The molecule has 28 heavy (non-hydrogen) atoms. The molecule has 1 heterocycles. The molecule has 0 fully saturated rings. The highest BCUT2D eigenvalue weighted by atomic mass is 35.5. The maximum atomic E-state index is 12.5. The number of hydrogen-bond donors (Lipinski definition) is 5. The van der Waals surface area contributed by atoms with Crippen molar-refractivity contribution >= 4 is 45.0 Å². The van der Waals surface area contributed by atoms with Gasteiger partial charge in [-0.25, -0.2) is 0 Å². The van der Waals surface area contributed by atoms with Gasteiger partial charge in [0.05, 0.1) is 45.7 Å². The molecular formula is C19H21ClN4O4. The van der Waals surface area contributed by atoms with Crippen molar-refractivity contribution < 1.29 is 15.3 Å². The summed E-state index contributed by atoms with van der Waals surface area (Å²) in [5.74, 6) is -0.308. The molecule has 0 saturated heterocycles. The minimum atomic E-state index is -0.278. The highest BCUT2D eigenvalue weighted by Crippen LogP contribution is 2.40. The zero-order chi connectivity index (χ0) is 19.1. The number of aliphatic hydroxyl groups is 1. The average Bonchev–Trinajstić information content (AvgIpc) is 2.98. The molecule has 0 atom stereocenters. The van der Waals surface area contributed by atoms with Crippen LogP contribution in [0.4, 0.5) is 0 Å². The van der Waals surface area contributed by atoms with Gasteiger partial charge in [0.15, 0.2) is 5.43 Å². The molecule has 9 heteroatoms. The fourth-order valence-corrected chi connectivity index (χ4v) is 3.59. The van der Waals surface area contributed by atoms with Gasteiger partial charge in [-0.2, -0.15) is 0 Å². The van der Waals surface area contributed by atoms with Crippen LogP contribution in [0.15, 0.2) is 34.1 Å². The number of phenols is 2. The normalized spacial score (nSPS) is 12.3. The molecule has 8 nitrogen and oxygen atoms in total. The molecule has 0 spiro atoms. The van der Waals surface area contributed by atoms with Crippen LogP contribution in [-0.4, -0.2) is 51.3 Å². The number of aromatic hydroxyl groups is 2. The van der Waals surface area contributed by atoms with E-state index >= 15 is 0 Å². The lowest BCUT2D eigenvalue weighted by atomic mass is 9.99. The largest absolute Gasteiger partial charge is 0.507 e. The number of aliphatic hydroxyl groups excluding tert-OH is 1. The van der Waals surface area contributed by atoms with Crippen LogP contribution in [0.3, 0.4) is 0 Å². The predicted octanol–water partition coefficient (Wildman–Crippen LogP) is 0.926. The Balaban J connectivity index is 0.00000225. The van der Waals surface area contributed by atoms with E-state index in [0.29, 0.717) is 41.3 Å². The minimum Gasteiger partial charge on any atom is -0.507 e. The van der Waals surface area contributed by atoms with Crippen LogP contribution in [0.5, 0.6) is 11.5 Å². The summed E-state index contributed by atoms with van der Waals surface area (Å²) >= 11 is 0. The highest BCUT2D eigenvalue weighted by molar-refractivity contribution is 6.23. The second-order valence-electron chi connectivity index (χ2n) is 6.44. The third kappa shape index (κ3) is 2.95. The maximum Gasteiger partial charge on any atom is 0.189 e. The number of benzene rings is 3. The SMILES string of the molecule is Cl.Cn1[nH]c2c3c(=O)ccc(O)c3c(O)c3c(=NCCNCCO)ccc1c32. The van der Waals surface area contributed by atoms with E-state index in [-0.39, 0.29) is 46.7 Å². The van der Waals surface area contributed by atoms with Crippen LogP contribution in [-0.2, 0) is 7.05 Å². The minimum absolute atomic E-state index is 0. The van der Waals surface area contributed by atoms with E-state index in [1.807, 2.05) is 13.1 Å². The number of phenolic OH excluding ortho intramolecular Hbond substituents is 2. The number of hydrogen-bond acceptors (Lipinski definition) is 6. The van der Waals surface area contributed by atoms with Crippen LogP contribution >= 0.6 is 12.4 Å². The Kier molecular flexibility index (Phi) is 5.46. The first kappa shape index (κ1) is 19.9. The van der Waals surface area contributed by atoms with Crippen LogP contribution in [0, 0.1) is 0 Å². The van der Waals surface area contributed by atoms with Crippen molar-refractivity contribution in [3.05, 3.63) is 39.8 Å². The monoisotopic (exact) mass is 404 g/mol. The van der Waals surface area contributed by atoms with Gasteiger partial charge in [0.25, 0.3) is 0 Å². The molecule has 5 N–H and O–H groups in total. The number of nitrogens with zero attached hydrogens (tertiary/aromatic N) is 2. The van der Waals surface area contributed by atoms with Crippen molar-refractivity contribution in [2.45, 2.75) is 0 Å². The van der Waals surface area contributed by atoms with Gasteiger partial charge < -0.3 is 20.6 Å². The summed E-state index contributed by atoms with van der Waals surface area (Å²) in [5, 5.41) is 38.4. The van der Waals surface area contributed by atoms with Gasteiger partial charge in [0.2, 0.25) is 0 Å². The third-order valence-corrected chi connectivity index (χ3v) is 4.78. The van der Waals surface area contributed by atoms with Gasteiger partial charge in [0.1, 0.15) is 11.5 Å². The fourth-order valence-electron chi connectivity index (χ4n) is 3.59. The molecule has 4 aromatic rings. The molecule has 0 aliphatic heterocycles. The molecule has 1 aromatic heterocycles. The molecule has 0 saturated carbocycles. The average molecular weight is 405 g/mol. The van der Waals surface area contributed by atoms with Gasteiger partial charge in [-0.05, 0) is 24.3 Å². The Morgan fingerprint density at radius 3 is 2.61 bits per heavy atom. The number of rotatable bonds is 5. The van der Waals surface area contributed by atoms with Crippen LogP contribution < -0.4 is 16.1 Å². The van der Waals surface area contributed by atoms with Gasteiger partial charge >= 0.3 is 0 Å². The van der Waals surface area contributed by atoms with Crippen molar-refractivity contribution in [1.82, 2.24) is 15.1 Å². The molecular weight excluding hydrogens is 384 g/mol. The Labute approximate surface area is 165 Å². The summed E-state index contributed by atoms with van der Waals surface area (Å²) in [6.07, 6.45) is 0. The molecule has 148 valence electrons. The number of aromatic nitrogens is 2. The molecule has 0 unspecified atom stereocenters. The Morgan fingerprint density at radius 1 is 1.07 bits per heavy atom. The van der Waals surface area contributed by atoms with E-state index < -0.39 is 0 Å². The quantitative estimate of drug-likeness (QED) is 0.250. The maximum absolute atomic E-state index is 12.5. The van der Waals surface area contributed by atoms with E-state index in [4.69, 9.17) is 5.11 Å². The second-order valence-corrected chi connectivity index (χ2v) is 6.44. The molecule has 0 aliphatic rings. The van der Waals surface area contributed by atoms with Gasteiger partial charge in [-0.3, -0.25) is 19.6 Å². The van der Waals surface area contributed by atoms with Gasteiger partial charge in [-0.1, -0.05) is 0 Å². The number of aromatic amines is 1. The summed E-state index contributed by atoms with van der Waals surface area (Å²) in [7, 11) is 1.82. The van der Waals surface area contributed by atoms with E-state index in [0.717, 1.165) is 5.52 Å². The number of aryl methyl sites for hydroxylation is 1. The lowest BCUT2D eigenvalue weighted by Gasteiger charge is -2.08. The Bertz CT molecular complexity index is 1280. The Hall–Kier alpha value is -2.81. The highest BCUT2D eigenvalue weighted by Gasteiger charge is 2.21. The number of fused-ring (bicyclic) bond motifs is 2. The summed E-state index contributed by atoms with van der Waals surface area (Å²) in [4.78, 5) is 17.0. The number of H-pyrrole nitrogens is 1. The summed E-state index contributed by atoms with van der Waals surface area (Å²) in [5.41, 5.74) is 1.10. The first-order chi connectivity index (χ1) is 13.0. The number of halogens is 1. The van der Waals surface area contributed by atoms with E-state index in [1.54, 1.807) is 10.7 Å². The molecule has 0 amide bonds. The lowest BCUT2D eigenvalue weighted by molar-refractivity contribution is 0.293. The van der Waals surface area contributed by atoms with Crippen LogP contribution in [0.2, 0.25) is 0 Å². The molecule has 4 rings (SSSR count). The topological polar surface area (TPSA) is 123 Å². The Morgan fingerprint density at radius 2 is 1.86 bits per heavy atom. The molecule has 0 radical (unpaired) electrons. The van der Waals surface area contributed by atoms with Crippen molar-refractivity contribution in [2.24, 2.45) is 12.0 Å². The standard InChI is InChI=1S/C19H20N4O4.ClH/c1-23-11-3-2-10(21-7-6-20-8-9-24)14-15(11)18(22-23)16-12(25)4-5-13(26)17(16)19(14)27;/h2-5,20,22,24,26-27H,6-9H2,1H3;1H. The van der Waals surface area contributed by atoms with Gasteiger partial charge in [-0.15, -0.1) is 12.4 Å². The van der Waals surface area contributed by atoms with E-state index in [9.17, 15) is 15.0 Å².